The number of nitrogens with two attached hydrogens (primary N) is 2. The second-order valence-corrected chi connectivity index (χ2v) is 4.78. The number of hydrogen-bond donors (Lipinski definition) is 2. The predicted octanol–water partition coefficient (Wildman–Crippen LogP) is -0.940. The van der Waals surface area contributed by atoms with Gasteiger partial charge < -0.3 is 20.2 Å². The van der Waals surface area contributed by atoms with Crippen molar-refractivity contribution in [2.75, 3.05) is 20.7 Å². The van der Waals surface area contributed by atoms with Crippen LogP contribution in [0.1, 0.15) is 6.42 Å². The molecular formula is C7H14N3O3S3-. The van der Waals surface area contributed by atoms with E-state index in [2.05, 4.69) is 4.18 Å². The van der Waals surface area contributed by atoms with E-state index in [9.17, 15) is 8.76 Å². The summed E-state index contributed by atoms with van der Waals surface area (Å²) in [6.07, 6.45) is 0.179. The first-order valence-corrected chi connectivity index (χ1v) is 6.06. The van der Waals surface area contributed by atoms with Gasteiger partial charge in [0.15, 0.2) is 0 Å². The van der Waals surface area contributed by atoms with Gasteiger partial charge in [0.2, 0.25) is 0 Å². The summed E-state index contributed by atoms with van der Waals surface area (Å²) in [6.45, 7) is -0.0943. The fraction of sp³-hybridized carbons (Fsp3) is 0.714. The Kier molecular flexibility index (Phi) is 6.44. The maximum Gasteiger partial charge on any atom is 0.124 e. The summed E-state index contributed by atoms with van der Waals surface area (Å²) < 4.78 is 24.9. The molecule has 0 aromatic carbocycles. The fourth-order valence-electron chi connectivity index (χ4n) is 1.29. The van der Waals surface area contributed by atoms with Gasteiger partial charge >= 0.3 is 0 Å². The van der Waals surface area contributed by atoms with Crippen LogP contribution in [0.5, 0.6) is 0 Å². The molecule has 94 valence electrons. The van der Waals surface area contributed by atoms with Crippen LogP contribution in [0, 0.1) is 0 Å². The molecule has 0 aliphatic rings. The zero-order chi connectivity index (χ0) is 12.9. The Hall–Kier alpha value is -0.190. The molecule has 0 aromatic heterocycles. The van der Waals surface area contributed by atoms with Crippen LogP contribution in [-0.2, 0) is 15.5 Å². The molecule has 0 amide bonds. The first kappa shape index (κ1) is 15.8. The smallest absolute Gasteiger partial charge is 0.124 e. The summed E-state index contributed by atoms with van der Waals surface area (Å²) in [6, 6.07) is 0. The van der Waals surface area contributed by atoms with Gasteiger partial charge in [0, 0.05) is 6.42 Å². The Morgan fingerprint density at radius 1 is 1.44 bits per heavy atom. The third-order valence-electron chi connectivity index (χ3n) is 2.22. The van der Waals surface area contributed by atoms with E-state index >= 15 is 0 Å². The molecule has 0 aliphatic carbocycles. The van der Waals surface area contributed by atoms with Crippen molar-refractivity contribution in [2.24, 2.45) is 11.5 Å². The highest BCUT2D eigenvalue weighted by atomic mass is 32.2. The lowest BCUT2D eigenvalue weighted by molar-refractivity contribution is 0.226. The Balaban J connectivity index is 4.85. The van der Waals surface area contributed by atoms with E-state index in [1.165, 1.54) is 0 Å². The van der Waals surface area contributed by atoms with Gasteiger partial charge in [-0.1, -0.05) is 24.4 Å². The molecule has 16 heavy (non-hydrogen) atoms. The van der Waals surface area contributed by atoms with E-state index in [1.807, 2.05) is 0 Å². The highest BCUT2D eigenvalue weighted by Crippen LogP contribution is 2.19. The van der Waals surface area contributed by atoms with E-state index in [0.717, 1.165) is 0 Å². The van der Waals surface area contributed by atoms with Gasteiger partial charge in [0.05, 0.1) is 18.0 Å². The Bertz CT molecular complexity index is 294. The summed E-state index contributed by atoms with van der Waals surface area (Å²) in [5.41, 5.74) is 10.2. The number of rotatable bonds is 7. The molecular weight excluding hydrogens is 270 g/mol. The van der Waals surface area contributed by atoms with Crippen molar-refractivity contribution in [1.29, 1.82) is 0 Å². The average Bonchev–Trinajstić information content (AvgIpc) is 2.09. The maximum absolute atomic E-state index is 10.2. The maximum atomic E-state index is 10.2. The molecule has 0 fully saturated rings. The lowest BCUT2D eigenvalue weighted by Crippen LogP contribution is -2.61. The zero-order valence-electron chi connectivity index (χ0n) is 8.97. The highest BCUT2D eigenvalue weighted by Gasteiger charge is 2.39. The molecule has 0 radical (unpaired) electrons. The first-order valence-electron chi connectivity index (χ1n) is 4.25. The van der Waals surface area contributed by atoms with Crippen molar-refractivity contribution in [3.05, 3.63) is 0 Å². The minimum Gasteiger partial charge on any atom is -0.750 e. The van der Waals surface area contributed by atoms with Gasteiger partial charge in [-0.15, -0.1) is 0 Å². The van der Waals surface area contributed by atoms with E-state index in [-0.39, 0.29) is 23.0 Å². The van der Waals surface area contributed by atoms with Crippen molar-refractivity contribution in [2.45, 2.75) is 12.0 Å². The Morgan fingerprint density at radius 2 is 1.88 bits per heavy atom. The predicted molar refractivity (Wildman–Crippen MR) is 69.5 cm³/mol. The van der Waals surface area contributed by atoms with Crippen molar-refractivity contribution < 1.29 is 12.9 Å². The van der Waals surface area contributed by atoms with Crippen LogP contribution in [0.15, 0.2) is 0 Å². The molecule has 0 saturated heterocycles. The number of thiocarbonyl (C=S) groups is 2. The van der Waals surface area contributed by atoms with Crippen molar-refractivity contribution in [1.82, 2.24) is 4.90 Å². The van der Waals surface area contributed by atoms with E-state index in [4.69, 9.17) is 35.9 Å². The molecule has 1 atom stereocenters. The van der Waals surface area contributed by atoms with Crippen LogP contribution in [-0.4, -0.2) is 49.9 Å². The van der Waals surface area contributed by atoms with E-state index in [0.29, 0.717) is 0 Å². The number of likely N-dealkylation sites (N-methyl/N-ethyl adjacent to an activating group) is 1. The van der Waals surface area contributed by atoms with Gasteiger partial charge in [0.1, 0.15) is 15.5 Å². The van der Waals surface area contributed by atoms with E-state index in [1.54, 1.807) is 19.0 Å². The molecule has 0 heterocycles. The van der Waals surface area contributed by atoms with Crippen molar-refractivity contribution in [3.8, 4) is 0 Å². The Morgan fingerprint density at radius 3 is 2.12 bits per heavy atom. The highest BCUT2D eigenvalue weighted by molar-refractivity contribution is 7.82. The van der Waals surface area contributed by atoms with Gasteiger partial charge in [-0.3, -0.25) is 4.90 Å². The fourth-order valence-corrected chi connectivity index (χ4v) is 2.36. The topological polar surface area (TPSA) is 105 Å². The molecule has 0 bridgehead atoms. The quantitative estimate of drug-likeness (QED) is 0.456. The van der Waals surface area contributed by atoms with Crippen LogP contribution in [0.25, 0.3) is 0 Å². The molecule has 0 rings (SSSR count). The summed E-state index contributed by atoms with van der Waals surface area (Å²) in [7, 11) is 3.40. The van der Waals surface area contributed by atoms with Gasteiger partial charge in [-0.25, -0.2) is 4.21 Å². The summed E-state index contributed by atoms with van der Waals surface area (Å²) >= 11 is 7.26. The first-order chi connectivity index (χ1) is 7.25. The lowest BCUT2D eigenvalue weighted by Gasteiger charge is -2.37. The van der Waals surface area contributed by atoms with Crippen LogP contribution < -0.4 is 11.5 Å². The van der Waals surface area contributed by atoms with Crippen LogP contribution in [0.2, 0.25) is 0 Å². The second kappa shape index (κ2) is 6.52. The molecule has 9 heteroatoms. The van der Waals surface area contributed by atoms with E-state index < -0.39 is 16.9 Å². The largest absolute Gasteiger partial charge is 0.750 e. The minimum absolute atomic E-state index is 0.0882. The van der Waals surface area contributed by atoms with Crippen molar-refractivity contribution in [3.63, 3.8) is 0 Å². The van der Waals surface area contributed by atoms with Crippen molar-refractivity contribution >= 4 is 45.8 Å². The molecule has 1 unspecified atom stereocenters. The standard InChI is InChI=1S/C7H15N3O3S3/c1-10(2)7(5(8)14,6(9)15)3-4-13-16(11)12/h3-4H2,1-2H3,(H2,8,14)(H2,9,15)(H,11,12)/p-1. The molecule has 0 saturated carbocycles. The summed E-state index contributed by atoms with van der Waals surface area (Å²) in [5.74, 6) is 0. The molecule has 0 aromatic rings. The minimum atomic E-state index is -2.58. The monoisotopic (exact) mass is 284 g/mol. The third-order valence-corrected chi connectivity index (χ3v) is 3.26. The van der Waals surface area contributed by atoms with Gasteiger partial charge in [-0.2, -0.15) is 0 Å². The molecule has 6 nitrogen and oxygen atoms in total. The van der Waals surface area contributed by atoms with Gasteiger partial charge in [-0.05, 0) is 14.1 Å². The normalized spacial score (nSPS) is 13.8. The second-order valence-electron chi connectivity index (χ2n) is 3.26. The molecule has 0 spiro atoms. The average molecular weight is 284 g/mol. The third kappa shape index (κ3) is 3.68. The number of nitrogens with zero attached hydrogens (tertiary/aromatic N) is 1. The van der Waals surface area contributed by atoms with Gasteiger partial charge in [0.25, 0.3) is 0 Å². The SMILES string of the molecule is CN(C)C(CCOS(=O)[O-])(C(N)=S)C(N)=S. The zero-order valence-corrected chi connectivity index (χ0v) is 11.4. The molecule has 0 aliphatic heterocycles. The van der Waals surface area contributed by atoms with Crippen LogP contribution in [0.4, 0.5) is 0 Å². The van der Waals surface area contributed by atoms with Crippen LogP contribution >= 0.6 is 24.4 Å². The van der Waals surface area contributed by atoms with Crippen LogP contribution in [0.3, 0.4) is 0 Å². The number of hydrogen-bond acceptors (Lipinski definition) is 6. The summed E-state index contributed by atoms with van der Waals surface area (Å²) in [4.78, 5) is 1.82. The summed E-state index contributed by atoms with van der Waals surface area (Å²) in [5, 5.41) is 0. The molecule has 4 N–H and O–H groups in total. The lowest BCUT2D eigenvalue weighted by atomic mass is 9.94. The Labute approximate surface area is 108 Å².